The molecular formula is C20H18BrClN4O2. The van der Waals surface area contributed by atoms with Gasteiger partial charge in [-0.2, -0.15) is 5.10 Å². The van der Waals surface area contributed by atoms with Crippen LogP contribution < -0.4 is 15.4 Å². The summed E-state index contributed by atoms with van der Waals surface area (Å²) in [7, 11) is 0. The molecular weight excluding hydrogens is 444 g/mol. The van der Waals surface area contributed by atoms with Crippen molar-refractivity contribution in [3.63, 3.8) is 0 Å². The third-order valence-electron chi connectivity index (χ3n) is 5.60. The lowest BCUT2D eigenvalue weighted by molar-refractivity contribution is -0.0354. The highest BCUT2D eigenvalue weighted by Gasteiger charge is 2.46. The van der Waals surface area contributed by atoms with Crippen molar-refractivity contribution in [2.75, 3.05) is 5.32 Å². The van der Waals surface area contributed by atoms with Gasteiger partial charge in [0.15, 0.2) is 0 Å². The van der Waals surface area contributed by atoms with Crippen LogP contribution in [-0.4, -0.2) is 21.8 Å². The van der Waals surface area contributed by atoms with E-state index in [1.807, 2.05) is 30.3 Å². The van der Waals surface area contributed by atoms with Gasteiger partial charge in [0.2, 0.25) is 0 Å². The lowest BCUT2D eigenvalue weighted by Gasteiger charge is -2.48. The summed E-state index contributed by atoms with van der Waals surface area (Å²) < 4.78 is 7.11. The number of carbonyl (C=O) groups is 1. The van der Waals surface area contributed by atoms with Gasteiger partial charge in [0, 0.05) is 26.9 Å². The molecule has 1 fully saturated rings. The minimum Gasteiger partial charge on any atom is -0.487 e. The fourth-order valence-corrected chi connectivity index (χ4v) is 4.70. The van der Waals surface area contributed by atoms with Crippen molar-refractivity contribution >= 4 is 50.2 Å². The van der Waals surface area contributed by atoms with Crippen LogP contribution >= 0.6 is 27.5 Å². The standard InChI is InChI=1S/C20H18BrClN4O2/c21-11-6-15(14-10-23-26-16(14)7-11)24-19(27)25-17-9-20(4-1-5-20)28-18-8-12(22)2-3-13(17)18/h2-3,6-8,10,17H,1,4-5,9H2,(H,23,26)(H2,24,25,27). The van der Waals surface area contributed by atoms with E-state index in [0.717, 1.165) is 52.4 Å². The lowest BCUT2D eigenvalue weighted by Crippen LogP contribution is -2.50. The zero-order valence-electron chi connectivity index (χ0n) is 14.9. The van der Waals surface area contributed by atoms with Crippen molar-refractivity contribution < 1.29 is 9.53 Å². The predicted octanol–water partition coefficient (Wildman–Crippen LogP) is 5.55. The van der Waals surface area contributed by atoms with Gasteiger partial charge >= 0.3 is 6.03 Å². The van der Waals surface area contributed by atoms with Gasteiger partial charge in [-0.3, -0.25) is 5.10 Å². The molecule has 0 radical (unpaired) electrons. The molecule has 1 aromatic heterocycles. The summed E-state index contributed by atoms with van der Waals surface area (Å²) in [5, 5.41) is 14.5. The molecule has 2 aliphatic rings. The Hall–Kier alpha value is -2.25. The van der Waals surface area contributed by atoms with E-state index in [1.165, 1.54) is 0 Å². The van der Waals surface area contributed by atoms with Gasteiger partial charge in [0.25, 0.3) is 0 Å². The first-order valence-electron chi connectivity index (χ1n) is 9.20. The zero-order valence-corrected chi connectivity index (χ0v) is 17.2. The summed E-state index contributed by atoms with van der Waals surface area (Å²) in [4.78, 5) is 12.8. The van der Waals surface area contributed by atoms with Crippen molar-refractivity contribution in [3.05, 3.63) is 51.6 Å². The number of nitrogens with zero attached hydrogens (tertiary/aromatic N) is 1. The second kappa shape index (κ2) is 6.67. The molecule has 2 heterocycles. The van der Waals surface area contributed by atoms with Gasteiger partial charge in [0.05, 0.1) is 23.4 Å². The fourth-order valence-electron chi connectivity index (χ4n) is 4.08. The lowest BCUT2D eigenvalue weighted by atomic mass is 9.73. The number of hydrogen-bond donors (Lipinski definition) is 3. The van der Waals surface area contributed by atoms with Gasteiger partial charge in [-0.1, -0.05) is 33.6 Å². The van der Waals surface area contributed by atoms with Crippen molar-refractivity contribution in [2.24, 2.45) is 0 Å². The van der Waals surface area contributed by atoms with E-state index >= 15 is 0 Å². The number of ether oxygens (including phenoxy) is 1. The molecule has 144 valence electrons. The second-order valence-corrected chi connectivity index (χ2v) is 8.81. The molecule has 1 unspecified atom stereocenters. The molecule has 5 rings (SSSR count). The highest BCUT2D eigenvalue weighted by atomic mass is 79.9. The fraction of sp³-hybridized carbons (Fsp3) is 0.300. The quantitative estimate of drug-likeness (QED) is 0.468. The Morgan fingerprint density at radius 3 is 2.96 bits per heavy atom. The van der Waals surface area contributed by atoms with E-state index in [2.05, 4.69) is 36.8 Å². The van der Waals surface area contributed by atoms with Crippen molar-refractivity contribution in [1.82, 2.24) is 15.5 Å². The molecule has 1 aliphatic heterocycles. The number of halogens is 2. The molecule has 2 aromatic carbocycles. The van der Waals surface area contributed by atoms with E-state index < -0.39 is 0 Å². The van der Waals surface area contributed by atoms with Crippen molar-refractivity contribution in [3.8, 4) is 5.75 Å². The van der Waals surface area contributed by atoms with E-state index in [4.69, 9.17) is 16.3 Å². The Kier molecular flexibility index (Phi) is 4.25. The normalized spacial score (nSPS) is 19.6. The van der Waals surface area contributed by atoms with Crippen LogP contribution in [-0.2, 0) is 0 Å². The van der Waals surface area contributed by atoms with Crippen LogP contribution in [0.2, 0.25) is 5.02 Å². The molecule has 1 atom stereocenters. The van der Waals surface area contributed by atoms with E-state index in [0.29, 0.717) is 10.7 Å². The number of hydrogen-bond acceptors (Lipinski definition) is 3. The van der Waals surface area contributed by atoms with Crippen LogP contribution in [0.25, 0.3) is 10.9 Å². The molecule has 8 heteroatoms. The largest absolute Gasteiger partial charge is 0.487 e. The maximum atomic E-state index is 12.8. The SMILES string of the molecule is O=C(Nc1cc(Br)cc2[nH]ncc12)NC1CC2(CCC2)Oc2cc(Cl)ccc21. The highest BCUT2D eigenvalue weighted by molar-refractivity contribution is 9.10. The predicted molar refractivity (Wildman–Crippen MR) is 112 cm³/mol. The number of fused-ring (bicyclic) bond motifs is 2. The van der Waals surface area contributed by atoms with Crippen molar-refractivity contribution in [1.29, 1.82) is 0 Å². The minimum atomic E-state index is -0.261. The molecule has 2 amide bonds. The average molecular weight is 462 g/mol. The van der Waals surface area contributed by atoms with Gasteiger partial charge in [-0.15, -0.1) is 0 Å². The number of nitrogens with one attached hydrogen (secondary N) is 3. The van der Waals surface area contributed by atoms with Crippen LogP contribution in [0.3, 0.4) is 0 Å². The number of carbonyl (C=O) groups excluding carboxylic acids is 1. The van der Waals surface area contributed by atoms with Crippen LogP contribution in [0.1, 0.15) is 37.3 Å². The summed E-state index contributed by atoms with van der Waals surface area (Å²) in [6.07, 6.45) is 5.60. The first kappa shape index (κ1) is 17.8. The van der Waals surface area contributed by atoms with Gasteiger partial charge in [-0.25, -0.2) is 4.79 Å². The molecule has 1 saturated carbocycles. The Morgan fingerprint density at radius 1 is 1.32 bits per heavy atom. The number of benzene rings is 2. The Morgan fingerprint density at radius 2 is 2.18 bits per heavy atom. The molecule has 3 N–H and O–H groups in total. The van der Waals surface area contributed by atoms with Crippen LogP contribution in [0, 0.1) is 0 Å². The van der Waals surface area contributed by atoms with E-state index in [-0.39, 0.29) is 17.7 Å². The van der Waals surface area contributed by atoms with E-state index in [1.54, 1.807) is 6.20 Å². The first-order valence-corrected chi connectivity index (χ1v) is 10.4. The molecule has 28 heavy (non-hydrogen) atoms. The van der Waals surface area contributed by atoms with E-state index in [9.17, 15) is 4.79 Å². The number of rotatable bonds is 2. The molecule has 1 aliphatic carbocycles. The maximum Gasteiger partial charge on any atom is 0.319 e. The third kappa shape index (κ3) is 3.12. The van der Waals surface area contributed by atoms with Gasteiger partial charge < -0.3 is 15.4 Å². The van der Waals surface area contributed by atoms with Gasteiger partial charge in [-0.05, 0) is 43.5 Å². The monoisotopic (exact) mass is 460 g/mol. The molecule has 1 spiro atoms. The molecule has 3 aromatic rings. The number of urea groups is 1. The van der Waals surface area contributed by atoms with Gasteiger partial charge in [0.1, 0.15) is 11.4 Å². The number of anilines is 1. The summed E-state index contributed by atoms with van der Waals surface area (Å²) in [5.41, 5.74) is 2.31. The van der Waals surface area contributed by atoms with Crippen LogP contribution in [0.15, 0.2) is 41.0 Å². The number of amides is 2. The Balaban J connectivity index is 1.40. The summed E-state index contributed by atoms with van der Waals surface area (Å²) in [5.74, 6) is 0.767. The molecule has 0 bridgehead atoms. The second-order valence-electron chi connectivity index (χ2n) is 7.46. The number of aromatic nitrogens is 2. The Labute approximate surface area is 175 Å². The average Bonchev–Trinajstić information content (AvgIpc) is 3.08. The summed E-state index contributed by atoms with van der Waals surface area (Å²) in [6, 6.07) is 9.00. The number of aromatic amines is 1. The topological polar surface area (TPSA) is 79.0 Å². The minimum absolute atomic E-state index is 0.131. The first-order chi connectivity index (χ1) is 13.5. The zero-order chi connectivity index (χ0) is 19.3. The third-order valence-corrected chi connectivity index (χ3v) is 6.29. The smallest absolute Gasteiger partial charge is 0.319 e. The van der Waals surface area contributed by atoms with Crippen LogP contribution in [0.5, 0.6) is 5.75 Å². The summed E-state index contributed by atoms with van der Waals surface area (Å²) >= 11 is 9.63. The highest BCUT2D eigenvalue weighted by Crippen LogP contribution is 2.49. The molecule has 0 saturated heterocycles. The summed E-state index contributed by atoms with van der Waals surface area (Å²) in [6.45, 7) is 0. The molecule has 6 nitrogen and oxygen atoms in total. The van der Waals surface area contributed by atoms with Crippen LogP contribution in [0.4, 0.5) is 10.5 Å². The Bertz CT molecular complexity index is 1080. The maximum absolute atomic E-state index is 12.8. The number of H-pyrrole nitrogens is 1. The van der Waals surface area contributed by atoms with Crippen molar-refractivity contribution in [2.45, 2.75) is 37.3 Å².